The number of hydrogen-bond donors (Lipinski definition) is 2. The standard InChI is InChI=1S/C25H16Cl2N4O3S2/c1-34-17-9-4-14(5-10-17)24-30-31-25(36-24)29-22(32)13-2-7-16(8-3-13)28-23(33)21-20(27)18-11-6-15(26)12-19(18)35-21/h2-12H,1H3,(H,28,33)(H,29,31,32). The SMILES string of the molecule is COc1ccc(-c2nnc(NC(=O)c3ccc(NC(=O)c4sc5cc(Cl)ccc5c4Cl)cc3)s2)cc1. The van der Waals surface area contributed by atoms with Crippen molar-refractivity contribution in [3.8, 4) is 16.3 Å². The van der Waals surface area contributed by atoms with Crippen LogP contribution in [-0.4, -0.2) is 29.1 Å². The fourth-order valence-corrected chi connectivity index (χ4v) is 5.80. The number of carbonyl (C=O) groups is 2. The molecule has 0 spiro atoms. The lowest BCUT2D eigenvalue weighted by atomic mass is 10.2. The van der Waals surface area contributed by atoms with Crippen molar-refractivity contribution in [1.29, 1.82) is 0 Å². The van der Waals surface area contributed by atoms with Crippen LogP contribution in [0.1, 0.15) is 20.0 Å². The van der Waals surface area contributed by atoms with Gasteiger partial charge in [-0.15, -0.1) is 21.5 Å². The van der Waals surface area contributed by atoms with Crippen molar-refractivity contribution in [3.63, 3.8) is 0 Å². The lowest BCUT2D eigenvalue weighted by molar-refractivity contribution is 0.102. The van der Waals surface area contributed by atoms with E-state index in [-0.39, 0.29) is 11.8 Å². The minimum Gasteiger partial charge on any atom is -0.497 e. The average molecular weight is 555 g/mol. The highest BCUT2D eigenvalue weighted by atomic mass is 35.5. The summed E-state index contributed by atoms with van der Waals surface area (Å²) in [4.78, 5) is 25.8. The zero-order chi connectivity index (χ0) is 25.2. The number of carbonyl (C=O) groups excluding carboxylic acids is 2. The fourth-order valence-electron chi connectivity index (χ4n) is 3.37. The van der Waals surface area contributed by atoms with Gasteiger partial charge in [0.25, 0.3) is 11.8 Å². The molecule has 5 rings (SSSR count). The smallest absolute Gasteiger partial charge is 0.267 e. The molecule has 0 saturated heterocycles. The zero-order valence-electron chi connectivity index (χ0n) is 18.5. The molecule has 2 N–H and O–H groups in total. The Morgan fingerprint density at radius 2 is 1.61 bits per heavy atom. The second-order valence-corrected chi connectivity index (χ2v) is 10.4. The first kappa shape index (κ1) is 24.2. The monoisotopic (exact) mass is 554 g/mol. The third-order valence-corrected chi connectivity index (χ3v) is 7.96. The molecule has 2 heterocycles. The van der Waals surface area contributed by atoms with Gasteiger partial charge in [-0.2, -0.15) is 0 Å². The van der Waals surface area contributed by atoms with Gasteiger partial charge in [-0.05, 0) is 60.7 Å². The Balaban J connectivity index is 1.24. The summed E-state index contributed by atoms with van der Waals surface area (Å²) in [6, 6.07) is 19.2. The topological polar surface area (TPSA) is 93.2 Å². The van der Waals surface area contributed by atoms with Gasteiger partial charge in [-0.3, -0.25) is 14.9 Å². The Kier molecular flexibility index (Phi) is 6.88. The van der Waals surface area contributed by atoms with E-state index in [0.717, 1.165) is 21.4 Å². The number of ether oxygens (including phenoxy) is 1. The van der Waals surface area contributed by atoms with Crippen molar-refractivity contribution < 1.29 is 14.3 Å². The number of anilines is 2. The van der Waals surface area contributed by atoms with Gasteiger partial charge in [0.15, 0.2) is 0 Å². The minimum atomic E-state index is -0.338. The van der Waals surface area contributed by atoms with Crippen LogP contribution in [0.25, 0.3) is 20.7 Å². The molecule has 0 fully saturated rings. The second-order valence-electron chi connectivity index (χ2n) is 7.51. The normalized spacial score (nSPS) is 10.9. The Hall–Kier alpha value is -3.50. The molecule has 2 amide bonds. The Morgan fingerprint density at radius 3 is 2.33 bits per heavy atom. The second kappa shape index (κ2) is 10.2. The molecule has 0 unspecified atom stereocenters. The van der Waals surface area contributed by atoms with Crippen molar-refractivity contribution in [2.75, 3.05) is 17.7 Å². The number of hydrogen-bond acceptors (Lipinski definition) is 7. The van der Waals surface area contributed by atoms with Gasteiger partial charge < -0.3 is 10.1 Å². The van der Waals surface area contributed by atoms with Crippen LogP contribution in [0.3, 0.4) is 0 Å². The van der Waals surface area contributed by atoms with Gasteiger partial charge in [0, 0.05) is 31.9 Å². The lowest BCUT2D eigenvalue weighted by Crippen LogP contribution is -2.13. The van der Waals surface area contributed by atoms with Crippen molar-refractivity contribution >= 4 is 78.6 Å². The summed E-state index contributed by atoms with van der Waals surface area (Å²) in [5.41, 5.74) is 1.81. The van der Waals surface area contributed by atoms with E-state index >= 15 is 0 Å². The lowest BCUT2D eigenvalue weighted by Gasteiger charge is -2.06. The summed E-state index contributed by atoms with van der Waals surface area (Å²) >= 11 is 15.0. The van der Waals surface area contributed by atoms with E-state index in [0.29, 0.717) is 36.3 Å². The Morgan fingerprint density at radius 1 is 0.861 bits per heavy atom. The number of aromatic nitrogens is 2. The number of rotatable bonds is 6. The number of amides is 2. The summed E-state index contributed by atoms with van der Waals surface area (Å²) in [6.07, 6.45) is 0. The molecule has 0 bridgehead atoms. The van der Waals surface area contributed by atoms with Gasteiger partial charge >= 0.3 is 0 Å². The molecule has 0 aliphatic rings. The van der Waals surface area contributed by atoms with Gasteiger partial charge in [0.2, 0.25) is 5.13 Å². The summed E-state index contributed by atoms with van der Waals surface area (Å²) in [6.45, 7) is 0. The van der Waals surface area contributed by atoms with E-state index in [1.165, 1.54) is 22.7 Å². The van der Waals surface area contributed by atoms with Crippen LogP contribution < -0.4 is 15.4 Å². The van der Waals surface area contributed by atoms with Crippen molar-refractivity contribution in [1.82, 2.24) is 10.2 Å². The first-order valence-corrected chi connectivity index (χ1v) is 12.9. The highest BCUT2D eigenvalue weighted by Gasteiger charge is 2.18. The Bertz CT molecular complexity index is 1580. The van der Waals surface area contributed by atoms with Crippen LogP contribution >= 0.6 is 45.9 Å². The number of halogens is 2. The van der Waals surface area contributed by atoms with Crippen LogP contribution in [0.4, 0.5) is 10.8 Å². The number of fused-ring (bicyclic) bond motifs is 1. The number of thiophene rings is 1. The van der Waals surface area contributed by atoms with E-state index in [9.17, 15) is 9.59 Å². The average Bonchev–Trinajstić information content (AvgIpc) is 3.48. The first-order valence-electron chi connectivity index (χ1n) is 10.5. The quantitative estimate of drug-likeness (QED) is 0.230. The maximum Gasteiger partial charge on any atom is 0.267 e. The summed E-state index contributed by atoms with van der Waals surface area (Å²) in [5.74, 6) is 0.0671. The van der Waals surface area contributed by atoms with Gasteiger partial charge in [-0.25, -0.2) is 0 Å². The van der Waals surface area contributed by atoms with E-state index in [4.69, 9.17) is 27.9 Å². The molecule has 7 nitrogen and oxygen atoms in total. The van der Waals surface area contributed by atoms with Crippen LogP contribution in [-0.2, 0) is 0 Å². The maximum atomic E-state index is 12.8. The van der Waals surface area contributed by atoms with Crippen LogP contribution in [0.2, 0.25) is 10.0 Å². The minimum absolute atomic E-state index is 0.338. The molecule has 3 aromatic carbocycles. The molecule has 2 aromatic heterocycles. The molecule has 0 atom stereocenters. The van der Waals surface area contributed by atoms with Gasteiger partial charge in [0.1, 0.15) is 15.6 Å². The van der Waals surface area contributed by atoms with Crippen LogP contribution in [0, 0.1) is 0 Å². The number of nitrogens with one attached hydrogen (secondary N) is 2. The number of benzene rings is 3. The van der Waals surface area contributed by atoms with Crippen molar-refractivity contribution in [2.45, 2.75) is 0 Å². The van der Waals surface area contributed by atoms with Gasteiger partial charge in [-0.1, -0.05) is 40.6 Å². The van der Waals surface area contributed by atoms with E-state index < -0.39 is 0 Å². The predicted octanol–water partition coefficient (Wildman–Crippen LogP) is 7.24. The highest BCUT2D eigenvalue weighted by Crippen LogP contribution is 2.37. The fraction of sp³-hybridized carbons (Fsp3) is 0.0400. The maximum absolute atomic E-state index is 12.8. The first-order chi connectivity index (χ1) is 17.4. The van der Waals surface area contributed by atoms with Crippen molar-refractivity contribution in [3.05, 3.63) is 87.2 Å². The van der Waals surface area contributed by atoms with E-state index in [1.54, 1.807) is 49.6 Å². The molecule has 0 aliphatic carbocycles. The molecule has 36 heavy (non-hydrogen) atoms. The molecular weight excluding hydrogens is 539 g/mol. The molecule has 0 radical (unpaired) electrons. The molecule has 5 aromatic rings. The molecule has 11 heteroatoms. The van der Waals surface area contributed by atoms with Crippen LogP contribution in [0.5, 0.6) is 5.75 Å². The summed E-state index contributed by atoms with van der Waals surface area (Å²) < 4.78 is 5.99. The van der Waals surface area contributed by atoms with E-state index in [2.05, 4.69) is 20.8 Å². The molecule has 0 aliphatic heterocycles. The van der Waals surface area contributed by atoms with Crippen molar-refractivity contribution in [2.24, 2.45) is 0 Å². The third kappa shape index (κ3) is 5.05. The van der Waals surface area contributed by atoms with Gasteiger partial charge in [0.05, 0.1) is 12.1 Å². The zero-order valence-corrected chi connectivity index (χ0v) is 21.7. The summed E-state index contributed by atoms with van der Waals surface area (Å²) in [7, 11) is 1.60. The third-order valence-electron chi connectivity index (χ3n) is 5.19. The predicted molar refractivity (Wildman–Crippen MR) is 146 cm³/mol. The highest BCUT2D eigenvalue weighted by molar-refractivity contribution is 7.21. The Labute approximate surface area is 223 Å². The summed E-state index contributed by atoms with van der Waals surface area (Å²) in [5, 5.41) is 16.5. The van der Waals surface area contributed by atoms with Crippen LogP contribution in [0.15, 0.2) is 66.7 Å². The molecule has 0 saturated carbocycles. The largest absolute Gasteiger partial charge is 0.497 e. The number of nitrogens with zero attached hydrogens (tertiary/aromatic N) is 2. The number of methoxy groups -OCH3 is 1. The molecule has 180 valence electrons. The molecular formula is C25H16Cl2N4O3S2. The van der Waals surface area contributed by atoms with E-state index in [1.807, 2.05) is 24.3 Å².